The van der Waals surface area contributed by atoms with Crippen molar-refractivity contribution in [1.82, 2.24) is 10.6 Å². The maximum atomic E-state index is 11.7. The molecule has 0 spiro atoms. The molecule has 2 N–H and O–H groups in total. The summed E-state index contributed by atoms with van der Waals surface area (Å²) in [4.78, 5) is 11.7. The van der Waals surface area contributed by atoms with Gasteiger partial charge in [-0.05, 0) is 38.1 Å². The highest BCUT2D eigenvalue weighted by Crippen LogP contribution is 2.14. The second kappa shape index (κ2) is 7.82. The normalized spacial score (nSPS) is 31.3. The number of carbonyl (C=O) groups excluding carboxylic acids is 1. The van der Waals surface area contributed by atoms with E-state index >= 15 is 0 Å². The molecule has 2 saturated heterocycles. The van der Waals surface area contributed by atoms with E-state index in [1.54, 1.807) is 0 Å². The summed E-state index contributed by atoms with van der Waals surface area (Å²) in [5, 5.41) is 6.39. The molecule has 1 amide bonds. The lowest BCUT2D eigenvalue weighted by atomic mass is 9.93. The van der Waals surface area contributed by atoms with Gasteiger partial charge in [-0.3, -0.25) is 4.79 Å². The molecule has 2 aliphatic rings. The van der Waals surface area contributed by atoms with E-state index < -0.39 is 0 Å². The van der Waals surface area contributed by atoms with Crippen molar-refractivity contribution in [3.8, 4) is 0 Å². The van der Waals surface area contributed by atoms with Crippen molar-refractivity contribution in [2.24, 2.45) is 5.92 Å². The lowest BCUT2D eigenvalue weighted by Gasteiger charge is -2.30. The van der Waals surface area contributed by atoms with E-state index in [0.717, 1.165) is 26.0 Å². The maximum absolute atomic E-state index is 11.7. The Balaban J connectivity index is 1.53. The zero-order valence-electron chi connectivity index (χ0n) is 11.8. The molecule has 0 saturated carbocycles. The molecule has 2 aliphatic heterocycles. The highest BCUT2D eigenvalue weighted by Gasteiger charge is 2.21. The fraction of sp³-hybridized carbons (Fsp3) is 0.929. The molecule has 0 aromatic rings. The Labute approximate surface area is 115 Å². The SMILES string of the molecule is C[C@@H]1CCCN[C@@H]1CNC(=O)COC[C@@H]1CCCO1. The number of ether oxygens (including phenoxy) is 2. The largest absolute Gasteiger partial charge is 0.376 e. The van der Waals surface area contributed by atoms with Crippen molar-refractivity contribution in [3.05, 3.63) is 0 Å². The summed E-state index contributed by atoms with van der Waals surface area (Å²) >= 11 is 0. The Bertz CT molecular complexity index is 280. The number of amides is 1. The van der Waals surface area contributed by atoms with Gasteiger partial charge < -0.3 is 20.1 Å². The minimum atomic E-state index is -0.0300. The van der Waals surface area contributed by atoms with E-state index in [9.17, 15) is 4.79 Å². The van der Waals surface area contributed by atoms with Crippen molar-refractivity contribution in [2.75, 3.05) is 32.9 Å². The van der Waals surface area contributed by atoms with Crippen LogP contribution < -0.4 is 10.6 Å². The summed E-state index contributed by atoms with van der Waals surface area (Å²) in [6.45, 7) is 5.48. The van der Waals surface area contributed by atoms with Gasteiger partial charge >= 0.3 is 0 Å². The molecule has 5 nitrogen and oxygen atoms in total. The zero-order chi connectivity index (χ0) is 13.5. The van der Waals surface area contributed by atoms with Crippen LogP contribution in [0.3, 0.4) is 0 Å². The Morgan fingerprint density at radius 2 is 2.32 bits per heavy atom. The van der Waals surface area contributed by atoms with Gasteiger partial charge in [-0.15, -0.1) is 0 Å². The molecule has 0 aliphatic carbocycles. The van der Waals surface area contributed by atoms with Crippen molar-refractivity contribution >= 4 is 5.91 Å². The minimum Gasteiger partial charge on any atom is -0.376 e. The quantitative estimate of drug-likeness (QED) is 0.745. The molecule has 110 valence electrons. The highest BCUT2D eigenvalue weighted by molar-refractivity contribution is 5.77. The third-order valence-corrected chi connectivity index (χ3v) is 4.01. The number of rotatable bonds is 6. The van der Waals surface area contributed by atoms with E-state index in [1.165, 1.54) is 12.8 Å². The summed E-state index contributed by atoms with van der Waals surface area (Å²) < 4.78 is 10.8. The molecule has 0 aromatic carbocycles. The van der Waals surface area contributed by atoms with Crippen molar-refractivity contribution in [3.63, 3.8) is 0 Å². The molecule has 3 atom stereocenters. The predicted octanol–water partition coefficient (Wildman–Crippen LogP) is 0.686. The van der Waals surface area contributed by atoms with Crippen molar-refractivity contribution in [1.29, 1.82) is 0 Å². The molecule has 2 rings (SSSR count). The first-order chi connectivity index (χ1) is 9.25. The number of nitrogens with one attached hydrogen (secondary N) is 2. The topological polar surface area (TPSA) is 59.6 Å². The summed E-state index contributed by atoms with van der Waals surface area (Å²) in [5.41, 5.74) is 0. The van der Waals surface area contributed by atoms with Crippen LogP contribution in [0, 0.1) is 5.92 Å². The molecule has 2 fully saturated rings. The van der Waals surface area contributed by atoms with E-state index in [2.05, 4.69) is 17.6 Å². The van der Waals surface area contributed by atoms with Crippen LogP contribution in [0.15, 0.2) is 0 Å². The smallest absolute Gasteiger partial charge is 0.246 e. The Morgan fingerprint density at radius 3 is 3.05 bits per heavy atom. The molecule has 2 heterocycles. The van der Waals surface area contributed by atoms with Gasteiger partial charge in [0.15, 0.2) is 0 Å². The van der Waals surface area contributed by atoms with Crippen LogP contribution in [-0.2, 0) is 14.3 Å². The van der Waals surface area contributed by atoms with Crippen molar-refractivity contribution in [2.45, 2.75) is 44.8 Å². The monoisotopic (exact) mass is 270 g/mol. The van der Waals surface area contributed by atoms with Gasteiger partial charge in [-0.1, -0.05) is 6.92 Å². The lowest BCUT2D eigenvalue weighted by Crippen LogP contribution is -2.48. The summed E-state index contributed by atoms with van der Waals surface area (Å²) in [6.07, 6.45) is 4.81. The van der Waals surface area contributed by atoms with Crippen LogP contribution in [-0.4, -0.2) is 51.0 Å². The standard InChI is InChI=1S/C14H26N2O3/c1-11-4-2-6-15-13(11)8-16-14(17)10-18-9-12-5-3-7-19-12/h11-13,15H,2-10H2,1H3,(H,16,17)/t11-,12+,13-/m1/s1. The number of carbonyl (C=O) groups is 1. The molecule has 0 unspecified atom stereocenters. The van der Waals surface area contributed by atoms with Gasteiger partial charge in [-0.25, -0.2) is 0 Å². The predicted molar refractivity (Wildman–Crippen MR) is 73.0 cm³/mol. The van der Waals surface area contributed by atoms with Crippen LogP contribution in [0.5, 0.6) is 0 Å². The maximum Gasteiger partial charge on any atom is 0.246 e. The van der Waals surface area contributed by atoms with Gasteiger partial charge in [0.2, 0.25) is 5.91 Å². The summed E-state index contributed by atoms with van der Waals surface area (Å²) in [7, 11) is 0. The van der Waals surface area contributed by atoms with E-state index in [4.69, 9.17) is 9.47 Å². The van der Waals surface area contributed by atoms with Gasteiger partial charge in [0.1, 0.15) is 6.61 Å². The molecule has 0 radical (unpaired) electrons. The van der Waals surface area contributed by atoms with Crippen LogP contribution in [0.25, 0.3) is 0 Å². The Morgan fingerprint density at radius 1 is 1.42 bits per heavy atom. The van der Waals surface area contributed by atoms with Crippen LogP contribution >= 0.6 is 0 Å². The first-order valence-electron chi connectivity index (χ1n) is 7.45. The van der Waals surface area contributed by atoms with Crippen LogP contribution in [0.2, 0.25) is 0 Å². The first-order valence-corrected chi connectivity index (χ1v) is 7.45. The molecule has 0 bridgehead atoms. The summed E-state index contributed by atoms with van der Waals surface area (Å²) in [5.74, 6) is 0.597. The van der Waals surface area contributed by atoms with Gasteiger partial charge in [0.05, 0.1) is 12.7 Å². The zero-order valence-corrected chi connectivity index (χ0v) is 11.8. The molecular formula is C14H26N2O3. The van der Waals surface area contributed by atoms with Crippen LogP contribution in [0.1, 0.15) is 32.6 Å². The summed E-state index contributed by atoms with van der Waals surface area (Å²) in [6, 6.07) is 0.399. The second-order valence-electron chi connectivity index (χ2n) is 5.63. The average molecular weight is 270 g/mol. The van der Waals surface area contributed by atoms with E-state index in [0.29, 0.717) is 25.1 Å². The minimum absolute atomic E-state index is 0.0300. The Kier molecular flexibility index (Phi) is 6.07. The second-order valence-corrected chi connectivity index (χ2v) is 5.63. The molecule has 19 heavy (non-hydrogen) atoms. The van der Waals surface area contributed by atoms with Crippen LogP contribution in [0.4, 0.5) is 0 Å². The molecular weight excluding hydrogens is 244 g/mol. The number of hydrogen-bond donors (Lipinski definition) is 2. The average Bonchev–Trinajstić information content (AvgIpc) is 2.91. The highest BCUT2D eigenvalue weighted by atomic mass is 16.5. The third-order valence-electron chi connectivity index (χ3n) is 4.01. The van der Waals surface area contributed by atoms with Crippen molar-refractivity contribution < 1.29 is 14.3 Å². The van der Waals surface area contributed by atoms with E-state index in [-0.39, 0.29) is 18.6 Å². The fourth-order valence-electron chi connectivity index (χ4n) is 2.72. The number of piperidine rings is 1. The molecule has 0 aromatic heterocycles. The fourth-order valence-corrected chi connectivity index (χ4v) is 2.72. The number of hydrogen-bond acceptors (Lipinski definition) is 4. The van der Waals surface area contributed by atoms with Gasteiger partial charge in [-0.2, -0.15) is 0 Å². The lowest BCUT2D eigenvalue weighted by molar-refractivity contribution is -0.127. The van der Waals surface area contributed by atoms with Gasteiger partial charge in [0.25, 0.3) is 0 Å². The molecule has 5 heteroatoms. The van der Waals surface area contributed by atoms with E-state index in [1.807, 2.05) is 0 Å². The Hall–Kier alpha value is -0.650. The van der Waals surface area contributed by atoms with Gasteiger partial charge in [0, 0.05) is 19.2 Å². The first kappa shape index (κ1) is 14.8. The third kappa shape index (κ3) is 5.09.